The van der Waals surface area contributed by atoms with Gasteiger partial charge in [0.2, 0.25) is 5.91 Å². The van der Waals surface area contributed by atoms with Crippen LogP contribution < -0.4 is 5.32 Å². The van der Waals surface area contributed by atoms with Crippen LogP contribution in [0.25, 0.3) is 0 Å². The topological polar surface area (TPSA) is 151 Å². The van der Waals surface area contributed by atoms with E-state index in [0.717, 1.165) is 0 Å². The largest absolute Gasteiger partial charge is 0.612 e. The van der Waals surface area contributed by atoms with Crippen molar-refractivity contribution >= 4 is 34.8 Å². The second kappa shape index (κ2) is 11.5. The van der Waals surface area contributed by atoms with Crippen molar-refractivity contribution in [2.24, 2.45) is 11.8 Å². The van der Waals surface area contributed by atoms with Crippen molar-refractivity contribution in [2.75, 3.05) is 18.9 Å². The molecular formula is C23H29N3O8S. The van der Waals surface area contributed by atoms with E-state index in [4.69, 9.17) is 9.47 Å². The molecule has 0 bridgehead atoms. The molecule has 0 aromatic heterocycles. The van der Waals surface area contributed by atoms with Gasteiger partial charge in [-0.3, -0.25) is 19.8 Å². The molecule has 1 N–H and O–H groups in total. The Morgan fingerprint density at radius 2 is 1.94 bits per heavy atom. The maximum atomic E-state index is 13.1. The quantitative estimate of drug-likeness (QED) is 0.158. The van der Waals surface area contributed by atoms with Crippen LogP contribution in [0.2, 0.25) is 0 Å². The predicted molar refractivity (Wildman–Crippen MR) is 126 cm³/mol. The molecule has 2 aliphatic heterocycles. The fourth-order valence-electron chi connectivity index (χ4n) is 3.99. The third-order valence-corrected chi connectivity index (χ3v) is 7.26. The molecule has 2 heterocycles. The van der Waals surface area contributed by atoms with Crippen LogP contribution in [0.1, 0.15) is 39.2 Å². The van der Waals surface area contributed by atoms with Crippen molar-refractivity contribution in [1.82, 2.24) is 10.2 Å². The zero-order chi connectivity index (χ0) is 25.7. The van der Waals surface area contributed by atoms with Gasteiger partial charge in [-0.2, -0.15) is 0 Å². The first-order valence-electron chi connectivity index (χ1n) is 11.4. The van der Waals surface area contributed by atoms with Crippen LogP contribution >= 0.6 is 0 Å². The normalized spacial score (nSPS) is 19.8. The molecule has 3 rings (SSSR count). The third kappa shape index (κ3) is 6.12. The Balaban J connectivity index is 1.66. The van der Waals surface area contributed by atoms with E-state index in [-0.39, 0.29) is 60.7 Å². The Labute approximate surface area is 206 Å². The van der Waals surface area contributed by atoms with Gasteiger partial charge in [-0.25, -0.2) is 9.59 Å². The van der Waals surface area contributed by atoms with Crippen LogP contribution in [-0.2, 0) is 36.8 Å². The average molecular weight is 508 g/mol. The number of hydrogen-bond acceptors (Lipinski definition) is 8. The standard InChI is InChI=1S/C23H29N3O8S/c1-4-17-18-11-19(35(32)10-9-24-23(29)34-12-14(2)3)20(25(18)21(17)27)22(28)33-13-15-5-7-16(8-6-15)26(30)31/h5-8,14,17-18H,4,9-13H2,1-3H3,(H,24,29). The van der Waals surface area contributed by atoms with Gasteiger partial charge in [0.15, 0.2) is 10.6 Å². The number of benzene rings is 1. The number of β-lactam (4-membered cyclic amide) rings is 1. The molecular weight excluding hydrogens is 478 g/mol. The van der Waals surface area contributed by atoms with E-state index in [2.05, 4.69) is 5.32 Å². The summed E-state index contributed by atoms with van der Waals surface area (Å²) >= 11 is -1.63. The lowest BCUT2D eigenvalue weighted by atomic mass is 9.85. The molecule has 190 valence electrons. The number of rotatable bonds is 11. The van der Waals surface area contributed by atoms with Gasteiger partial charge in [0.05, 0.1) is 30.0 Å². The van der Waals surface area contributed by atoms with Crippen molar-refractivity contribution < 1.29 is 33.3 Å². The van der Waals surface area contributed by atoms with Gasteiger partial charge in [0.25, 0.3) is 5.69 Å². The summed E-state index contributed by atoms with van der Waals surface area (Å²) in [6.07, 6.45) is 0.300. The minimum absolute atomic E-state index is 0.00710. The maximum Gasteiger partial charge on any atom is 0.407 e. The zero-order valence-corrected chi connectivity index (χ0v) is 20.7. The number of fused-ring (bicyclic) bond motifs is 1. The van der Waals surface area contributed by atoms with Gasteiger partial charge in [-0.15, -0.1) is 0 Å². The molecule has 0 spiro atoms. The second-order valence-electron chi connectivity index (χ2n) is 8.73. The molecule has 0 aliphatic carbocycles. The van der Waals surface area contributed by atoms with E-state index >= 15 is 0 Å². The van der Waals surface area contributed by atoms with E-state index in [1.807, 2.05) is 20.8 Å². The Bertz CT molecular complexity index is 1010. The number of nitrogens with one attached hydrogen (secondary N) is 1. The average Bonchev–Trinajstić information content (AvgIpc) is 3.17. The lowest BCUT2D eigenvalue weighted by Crippen LogP contribution is -2.58. The molecule has 2 aliphatic rings. The lowest BCUT2D eigenvalue weighted by molar-refractivity contribution is -0.384. The Hall–Kier alpha value is -3.12. The number of carbonyl (C=O) groups is 3. The second-order valence-corrected chi connectivity index (χ2v) is 10.3. The molecule has 0 saturated carbocycles. The molecule has 1 aromatic carbocycles. The number of amides is 2. The van der Waals surface area contributed by atoms with Gasteiger partial charge in [0, 0.05) is 18.6 Å². The first kappa shape index (κ1) is 26.5. The number of nitrogens with zero attached hydrogens (tertiary/aromatic N) is 2. The van der Waals surface area contributed by atoms with Crippen LogP contribution in [0.4, 0.5) is 10.5 Å². The van der Waals surface area contributed by atoms with E-state index in [0.29, 0.717) is 23.3 Å². The highest BCUT2D eigenvalue weighted by Crippen LogP contribution is 2.45. The summed E-state index contributed by atoms with van der Waals surface area (Å²) < 4.78 is 23.5. The predicted octanol–water partition coefficient (Wildman–Crippen LogP) is 2.62. The zero-order valence-electron chi connectivity index (χ0n) is 19.9. The maximum absolute atomic E-state index is 13.1. The molecule has 11 nitrogen and oxygen atoms in total. The first-order valence-corrected chi connectivity index (χ1v) is 12.7. The molecule has 12 heteroatoms. The van der Waals surface area contributed by atoms with E-state index < -0.39 is 28.2 Å². The molecule has 2 amide bonds. The van der Waals surface area contributed by atoms with Gasteiger partial charge in [-0.1, -0.05) is 20.8 Å². The summed E-state index contributed by atoms with van der Waals surface area (Å²) in [5.41, 5.74) is 0.442. The van der Waals surface area contributed by atoms with Crippen molar-refractivity contribution in [3.63, 3.8) is 0 Å². The minimum atomic E-state index is -1.63. The molecule has 35 heavy (non-hydrogen) atoms. The Kier molecular flexibility index (Phi) is 8.73. The number of ether oxygens (including phenoxy) is 2. The van der Waals surface area contributed by atoms with Crippen LogP contribution in [0.3, 0.4) is 0 Å². The highest BCUT2D eigenvalue weighted by atomic mass is 32.2. The number of alkyl carbamates (subject to hydrolysis) is 1. The highest BCUT2D eigenvalue weighted by molar-refractivity contribution is 7.95. The minimum Gasteiger partial charge on any atom is -0.612 e. The lowest BCUT2D eigenvalue weighted by Gasteiger charge is -2.42. The van der Waals surface area contributed by atoms with Crippen molar-refractivity contribution in [3.8, 4) is 0 Å². The van der Waals surface area contributed by atoms with Crippen molar-refractivity contribution in [3.05, 3.63) is 50.5 Å². The summed E-state index contributed by atoms with van der Waals surface area (Å²) in [6.45, 7) is 5.88. The molecule has 1 fully saturated rings. The Morgan fingerprint density at radius 3 is 2.54 bits per heavy atom. The number of hydrogen-bond donors (Lipinski definition) is 1. The smallest absolute Gasteiger partial charge is 0.407 e. The number of nitro benzene ring substituents is 1. The Morgan fingerprint density at radius 1 is 1.26 bits per heavy atom. The van der Waals surface area contributed by atoms with Gasteiger partial charge in [0.1, 0.15) is 12.4 Å². The van der Waals surface area contributed by atoms with E-state index in [9.17, 15) is 29.1 Å². The molecule has 0 radical (unpaired) electrons. The van der Waals surface area contributed by atoms with E-state index in [1.54, 1.807) is 0 Å². The third-order valence-electron chi connectivity index (χ3n) is 5.78. The van der Waals surface area contributed by atoms with Crippen LogP contribution in [0, 0.1) is 22.0 Å². The molecule has 3 unspecified atom stereocenters. The number of non-ortho nitro benzene ring substituents is 1. The summed E-state index contributed by atoms with van der Waals surface area (Å²) in [5, 5.41) is 13.3. The van der Waals surface area contributed by atoms with Crippen molar-refractivity contribution in [2.45, 2.75) is 46.3 Å². The molecule has 3 atom stereocenters. The van der Waals surface area contributed by atoms with Gasteiger partial charge < -0.3 is 19.3 Å². The van der Waals surface area contributed by atoms with Gasteiger partial charge in [-0.05, 0) is 41.2 Å². The summed E-state index contributed by atoms with van der Waals surface area (Å²) in [4.78, 5) is 49.3. The molecule has 1 saturated heterocycles. The van der Waals surface area contributed by atoms with Gasteiger partial charge >= 0.3 is 12.1 Å². The van der Waals surface area contributed by atoms with Crippen LogP contribution in [0.5, 0.6) is 0 Å². The van der Waals surface area contributed by atoms with Crippen LogP contribution in [0.15, 0.2) is 34.9 Å². The monoisotopic (exact) mass is 507 g/mol. The summed E-state index contributed by atoms with van der Waals surface area (Å²) in [6, 6.07) is 5.32. The number of nitro groups is 1. The van der Waals surface area contributed by atoms with Crippen molar-refractivity contribution in [1.29, 1.82) is 0 Å². The van der Waals surface area contributed by atoms with Crippen LogP contribution in [-0.4, -0.2) is 57.3 Å². The molecule has 1 aromatic rings. The summed E-state index contributed by atoms with van der Waals surface area (Å²) in [5.74, 6) is -0.988. The first-order chi connectivity index (χ1) is 16.6. The SMILES string of the molecule is CCC1C(=O)N2C(C(=O)OCc3ccc([N+](=O)[O-])cc3)=C([S+]([O-])CCNC(=O)OCC(C)C)CC12. The highest BCUT2D eigenvalue weighted by Gasteiger charge is 2.57. The number of carbonyl (C=O) groups excluding carboxylic acids is 3. The summed E-state index contributed by atoms with van der Waals surface area (Å²) in [7, 11) is 0. The fraction of sp³-hybridized carbons (Fsp3) is 0.522. The number of esters is 1. The van der Waals surface area contributed by atoms with E-state index in [1.165, 1.54) is 29.2 Å². The fourth-order valence-corrected chi connectivity index (χ4v) is 5.28.